The summed E-state index contributed by atoms with van der Waals surface area (Å²) >= 11 is 27.4. The molecule has 0 unspecified atom stereocenters. The number of amidine groups is 2. The fourth-order valence-electron chi connectivity index (χ4n) is 11.0. The molecule has 6 atom stereocenters. The van der Waals surface area contributed by atoms with Crippen LogP contribution in [0.3, 0.4) is 0 Å². The first-order valence-electron chi connectivity index (χ1n) is 25.1. The van der Waals surface area contributed by atoms with Crippen LogP contribution in [0.5, 0.6) is 0 Å². The number of nitrogens with one attached hydrogen (secondary N) is 1. The maximum atomic E-state index is 13.9. The molecule has 19 heteroatoms. The molecular weight excluding hydrogens is 1070 g/mol. The number of carboxylic acids is 1. The third-order valence-corrected chi connectivity index (χ3v) is 17.5. The fourth-order valence-corrected chi connectivity index (χ4v) is 14.1. The van der Waals surface area contributed by atoms with Crippen LogP contribution in [0.2, 0.25) is 20.1 Å². The molecule has 4 aromatic carbocycles. The van der Waals surface area contributed by atoms with E-state index in [1.807, 2.05) is 116 Å². The van der Waals surface area contributed by atoms with Gasteiger partial charge < -0.3 is 36.6 Å². The molecule has 6 heterocycles. The molecule has 0 aromatic heterocycles. The second kappa shape index (κ2) is 23.3. The van der Waals surface area contributed by atoms with Crippen LogP contribution in [0.15, 0.2) is 128 Å². The number of aliphatic imine (C=N–C) groups is 2. The standard InChI is InChI=1S/C28H30Cl2N4O2S.C22H20Cl2N2O2S.C6H12N2O/c1-16(2)23-24(26(36)33-14-4-5-21(33)15-22(31)35)37-27-32-28(3,18-8-12-20(30)13-9-18)25(34(23)27)17-6-10-19(29)11-7-17;1-12(2)17-18(20(27)28)29-21-25-22(3,14-6-10-16(24)11-7-14)19(26(17)21)13-4-8-15(23)9-5-13;7-6(9)4-5-2-1-3-8-5/h6-13,16,21,25H,4-5,14-15H2,1-3H3,(H2,31,35);4-12,19H,1-3H3,(H,27,28);5,8H,1-4H2,(H2,7,9)/t21-,25+,28-;19-,22+;5-/m010/s1. The quantitative estimate of drug-likeness (QED) is 0.106. The molecular formula is C56H62Cl4N8O5S2. The SMILES string of the molecule is CC(C)C1=C(C(=O)N2CCC[C@H]2CC(N)=O)SC2=N[C@@](C)(c3ccc(Cl)cc3)[C@@H](c3ccc(Cl)cc3)N21.CC(C)C1=C(C(=O)O)SC2=N[C@@](C)(c3ccc(Cl)cc3)[C@@H](c3ccc(Cl)cc3)N21.NC(=O)C[C@@H]1CCCN1. The van der Waals surface area contributed by atoms with Gasteiger partial charge in [0.2, 0.25) is 11.8 Å². The number of hydrogen-bond acceptors (Lipinski definition) is 11. The fraction of sp³-hybridized carbons (Fsp3) is 0.393. The molecule has 6 aliphatic heterocycles. The number of nitrogens with zero attached hydrogens (tertiary/aromatic N) is 5. The summed E-state index contributed by atoms with van der Waals surface area (Å²) in [5.74, 6) is -1.44. The predicted octanol–water partition coefficient (Wildman–Crippen LogP) is 12.0. The number of fused-ring (bicyclic) bond motifs is 2. The van der Waals surface area contributed by atoms with Gasteiger partial charge in [0.05, 0.1) is 12.1 Å². The van der Waals surface area contributed by atoms with Gasteiger partial charge in [-0.2, -0.15) is 0 Å². The number of benzene rings is 4. The topological polar surface area (TPSA) is 187 Å². The Bertz CT molecular complexity index is 2950. The van der Waals surface area contributed by atoms with Crippen LogP contribution in [0.25, 0.3) is 0 Å². The molecule has 13 nitrogen and oxygen atoms in total. The maximum Gasteiger partial charge on any atom is 0.344 e. The third kappa shape index (κ3) is 11.8. The Morgan fingerprint density at radius 2 is 1.05 bits per heavy atom. The van der Waals surface area contributed by atoms with Crippen molar-refractivity contribution in [3.63, 3.8) is 0 Å². The number of allylic oxidation sites excluding steroid dienone is 2. The van der Waals surface area contributed by atoms with Gasteiger partial charge in [-0.15, -0.1) is 0 Å². The lowest BCUT2D eigenvalue weighted by Crippen LogP contribution is -2.39. The van der Waals surface area contributed by atoms with Gasteiger partial charge in [0, 0.05) is 63.0 Å². The molecule has 0 bridgehead atoms. The van der Waals surface area contributed by atoms with E-state index in [2.05, 4.69) is 42.8 Å². The molecule has 0 radical (unpaired) electrons. The summed E-state index contributed by atoms with van der Waals surface area (Å²) in [4.78, 5) is 65.3. The van der Waals surface area contributed by atoms with Crippen LogP contribution in [-0.2, 0) is 30.3 Å². The van der Waals surface area contributed by atoms with Gasteiger partial charge in [0.25, 0.3) is 5.91 Å². The van der Waals surface area contributed by atoms with Gasteiger partial charge in [0.15, 0.2) is 10.3 Å². The highest BCUT2D eigenvalue weighted by Crippen LogP contribution is 2.58. The van der Waals surface area contributed by atoms with Crippen LogP contribution in [0.1, 0.15) is 114 Å². The largest absolute Gasteiger partial charge is 0.477 e. The van der Waals surface area contributed by atoms with Crippen molar-refractivity contribution in [3.05, 3.63) is 161 Å². The van der Waals surface area contributed by atoms with Crippen molar-refractivity contribution in [2.24, 2.45) is 33.3 Å². The number of carbonyl (C=O) groups excluding carboxylic acids is 3. The predicted molar refractivity (Wildman–Crippen MR) is 304 cm³/mol. The Morgan fingerprint density at radius 3 is 1.44 bits per heavy atom. The highest BCUT2D eigenvalue weighted by molar-refractivity contribution is 8.18. The first-order chi connectivity index (χ1) is 35.6. The molecule has 3 amide bonds. The van der Waals surface area contributed by atoms with E-state index < -0.39 is 17.0 Å². The van der Waals surface area contributed by atoms with Crippen LogP contribution >= 0.6 is 69.9 Å². The summed E-state index contributed by atoms with van der Waals surface area (Å²) in [6.07, 6.45) is 4.62. The minimum Gasteiger partial charge on any atom is -0.477 e. The smallest absolute Gasteiger partial charge is 0.344 e. The first-order valence-corrected chi connectivity index (χ1v) is 28.2. The Kier molecular flexibility index (Phi) is 17.5. The summed E-state index contributed by atoms with van der Waals surface area (Å²) in [6, 6.07) is 30.9. The number of amides is 3. The molecule has 6 N–H and O–H groups in total. The maximum absolute atomic E-state index is 13.9. The number of halogens is 4. The summed E-state index contributed by atoms with van der Waals surface area (Å²) in [5.41, 5.74) is 15.1. The van der Waals surface area contributed by atoms with Gasteiger partial charge in [-0.05, 0) is 152 Å². The second-order valence-electron chi connectivity index (χ2n) is 20.4. The van der Waals surface area contributed by atoms with Crippen molar-refractivity contribution < 1.29 is 24.3 Å². The third-order valence-electron chi connectivity index (χ3n) is 14.4. The number of nitrogens with two attached hydrogens (primary N) is 2. The second-order valence-corrected chi connectivity index (χ2v) is 24.1. The number of primary amides is 2. The van der Waals surface area contributed by atoms with Crippen LogP contribution in [0, 0.1) is 11.8 Å². The summed E-state index contributed by atoms with van der Waals surface area (Å²) in [6.45, 7) is 14.1. The number of rotatable bonds is 12. The summed E-state index contributed by atoms with van der Waals surface area (Å²) < 4.78 is 0. The number of aliphatic carboxylic acids is 1. The van der Waals surface area contributed by atoms with Crippen molar-refractivity contribution in [1.29, 1.82) is 0 Å². The normalized spacial score (nSPS) is 24.7. The minimum atomic E-state index is -0.918. The number of carboxylic acid groups (broad SMARTS) is 1. The molecule has 2 saturated heterocycles. The van der Waals surface area contributed by atoms with Gasteiger partial charge in [-0.25, -0.2) is 14.8 Å². The van der Waals surface area contributed by atoms with Gasteiger partial charge in [-0.1, -0.05) is 123 Å². The van der Waals surface area contributed by atoms with E-state index in [9.17, 15) is 24.3 Å². The number of thioether (sulfide) groups is 2. The number of carbonyl (C=O) groups is 4. The van der Waals surface area contributed by atoms with Crippen molar-refractivity contribution >= 4 is 104 Å². The average molecular weight is 1130 g/mol. The molecule has 75 heavy (non-hydrogen) atoms. The average Bonchev–Trinajstić information content (AvgIpc) is 4.28. The van der Waals surface area contributed by atoms with Crippen LogP contribution in [0.4, 0.5) is 0 Å². The van der Waals surface area contributed by atoms with E-state index in [0.29, 0.717) is 54.1 Å². The summed E-state index contributed by atoms with van der Waals surface area (Å²) in [7, 11) is 0. The first kappa shape index (κ1) is 56.2. The Hall–Kier alpha value is -5.00. The highest BCUT2D eigenvalue weighted by Gasteiger charge is 2.55. The number of likely N-dealkylation sites (tertiary alicyclic amines) is 1. The molecule has 10 rings (SSSR count). The molecule has 396 valence electrons. The van der Waals surface area contributed by atoms with Crippen molar-refractivity contribution in [1.82, 2.24) is 20.0 Å². The molecule has 2 fully saturated rings. The van der Waals surface area contributed by atoms with Gasteiger partial charge in [0.1, 0.15) is 20.9 Å². The van der Waals surface area contributed by atoms with Crippen molar-refractivity contribution in [2.75, 3.05) is 13.1 Å². The van der Waals surface area contributed by atoms with E-state index >= 15 is 0 Å². The zero-order valence-electron chi connectivity index (χ0n) is 42.7. The Balaban J connectivity index is 0.000000174. The molecule has 0 spiro atoms. The number of hydrogen-bond donors (Lipinski definition) is 4. The lowest BCUT2D eigenvalue weighted by Gasteiger charge is -2.37. The molecule has 0 saturated carbocycles. The van der Waals surface area contributed by atoms with E-state index in [4.69, 9.17) is 67.9 Å². The lowest BCUT2D eigenvalue weighted by molar-refractivity contribution is -0.132. The van der Waals surface area contributed by atoms with Gasteiger partial charge in [-0.3, -0.25) is 14.4 Å². The van der Waals surface area contributed by atoms with E-state index in [1.165, 1.54) is 29.9 Å². The Morgan fingerprint density at radius 1 is 0.640 bits per heavy atom. The summed E-state index contributed by atoms with van der Waals surface area (Å²) in [5, 5.41) is 17.1. The van der Waals surface area contributed by atoms with Crippen molar-refractivity contribution in [3.8, 4) is 0 Å². The highest BCUT2D eigenvalue weighted by atomic mass is 35.5. The Labute approximate surface area is 467 Å². The zero-order valence-corrected chi connectivity index (χ0v) is 47.3. The molecule has 0 aliphatic carbocycles. The lowest BCUT2D eigenvalue weighted by atomic mass is 9.81. The van der Waals surface area contributed by atoms with E-state index in [0.717, 1.165) is 64.6 Å². The van der Waals surface area contributed by atoms with Crippen LogP contribution < -0.4 is 16.8 Å². The van der Waals surface area contributed by atoms with E-state index in [1.54, 1.807) is 0 Å². The van der Waals surface area contributed by atoms with E-state index in [-0.39, 0.29) is 54.1 Å². The van der Waals surface area contributed by atoms with Gasteiger partial charge >= 0.3 is 5.97 Å². The molecule has 6 aliphatic rings. The minimum absolute atomic E-state index is 0.0312. The molecule has 4 aromatic rings. The zero-order chi connectivity index (χ0) is 54.1. The monoisotopic (exact) mass is 1130 g/mol. The van der Waals surface area contributed by atoms with Crippen LogP contribution in [-0.4, -0.2) is 79.0 Å². The van der Waals surface area contributed by atoms with Crippen molar-refractivity contribution in [2.45, 2.75) is 115 Å².